The van der Waals surface area contributed by atoms with Gasteiger partial charge in [0.25, 0.3) is 5.91 Å². The Labute approximate surface area is 201 Å². The van der Waals surface area contributed by atoms with E-state index < -0.39 is 23.7 Å². The molecule has 1 atom stereocenters. The third-order valence-corrected chi connectivity index (χ3v) is 6.72. The number of rotatable bonds is 8. The summed E-state index contributed by atoms with van der Waals surface area (Å²) in [5, 5.41) is 7.41. The van der Waals surface area contributed by atoms with E-state index in [0.29, 0.717) is 10.4 Å². The smallest absolute Gasteiger partial charge is 0.261 e. The van der Waals surface area contributed by atoms with Gasteiger partial charge >= 0.3 is 0 Å². The van der Waals surface area contributed by atoms with Crippen molar-refractivity contribution in [3.63, 3.8) is 0 Å². The molecule has 0 saturated heterocycles. The number of carbonyl (C=O) groups excluding carboxylic acids is 3. The number of para-hydroxylation sites is 1. The van der Waals surface area contributed by atoms with E-state index in [-0.39, 0.29) is 24.2 Å². The van der Waals surface area contributed by atoms with E-state index in [1.54, 1.807) is 47.8 Å². The minimum Gasteiger partial charge on any atom is -0.351 e. The van der Waals surface area contributed by atoms with Crippen LogP contribution >= 0.6 is 11.3 Å². The molecular weight excluding hydrogens is 453 g/mol. The zero-order chi connectivity index (χ0) is 23.9. The molecule has 0 bridgehead atoms. The molecule has 6 nitrogen and oxygen atoms in total. The minimum absolute atomic E-state index is 0.0201. The van der Waals surface area contributed by atoms with Crippen molar-refractivity contribution in [2.24, 2.45) is 0 Å². The molecule has 1 aliphatic rings. The van der Waals surface area contributed by atoms with E-state index in [9.17, 15) is 18.8 Å². The molecule has 1 aromatic heterocycles. The summed E-state index contributed by atoms with van der Waals surface area (Å²) in [5.74, 6) is -2.00. The second-order valence-corrected chi connectivity index (χ2v) is 9.13. The van der Waals surface area contributed by atoms with Gasteiger partial charge in [-0.1, -0.05) is 61.4 Å². The number of benzene rings is 2. The first kappa shape index (κ1) is 23.6. The average molecular weight is 480 g/mol. The standard InChI is InChI=1S/C26H26FN3O3S/c27-20-13-6-7-14-21(20)30(23(31)17-28-25(32)22-15-8-16-34-22)24(18-9-2-1-3-10-18)26(33)29-19-11-4-5-12-19/h1-3,6-10,13-16,19,24H,4-5,11-12,17H2,(H,28,32)(H,29,33)/t24-/m0/s1. The Morgan fingerprint density at radius 1 is 0.971 bits per heavy atom. The summed E-state index contributed by atoms with van der Waals surface area (Å²) in [6.07, 6.45) is 3.81. The van der Waals surface area contributed by atoms with Crippen LogP contribution in [-0.4, -0.2) is 30.3 Å². The Bertz CT molecular complexity index is 1130. The van der Waals surface area contributed by atoms with Gasteiger partial charge in [0.1, 0.15) is 11.9 Å². The van der Waals surface area contributed by atoms with Gasteiger partial charge in [0.2, 0.25) is 11.8 Å². The van der Waals surface area contributed by atoms with Crippen LogP contribution in [0.25, 0.3) is 0 Å². The highest BCUT2D eigenvalue weighted by atomic mass is 32.1. The lowest BCUT2D eigenvalue weighted by molar-refractivity contribution is -0.126. The van der Waals surface area contributed by atoms with Crippen LogP contribution in [0.3, 0.4) is 0 Å². The van der Waals surface area contributed by atoms with Crippen LogP contribution in [0.1, 0.15) is 47.0 Å². The Kier molecular flexibility index (Phi) is 7.69. The lowest BCUT2D eigenvalue weighted by atomic mass is 10.0. The highest BCUT2D eigenvalue weighted by Crippen LogP contribution is 2.31. The normalized spacial score (nSPS) is 14.4. The predicted octanol–water partition coefficient (Wildman–Crippen LogP) is 4.45. The van der Waals surface area contributed by atoms with Crippen LogP contribution in [0, 0.1) is 5.82 Å². The molecule has 2 N–H and O–H groups in total. The molecule has 8 heteroatoms. The maximum atomic E-state index is 15.0. The first-order valence-electron chi connectivity index (χ1n) is 11.3. The molecule has 4 rings (SSSR count). The molecule has 3 amide bonds. The summed E-state index contributed by atoms with van der Waals surface area (Å²) in [5.41, 5.74) is 0.535. The summed E-state index contributed by atoms with van der Waals surface area (Å²) in [7, 11) is 0. The van der Waals surface area contributed by atoms with Gasteiger partial charge < -0.3 is 10.6 Å². The van der Waals surface area contributed by atoms with Crippen LogP contribution < -0.4 is 15.5 Å². The Morgan fingerprint density at radius 3 is 2.35 bits per heavy atom. The lowest BCUT2D eigenvalue weighted by Gasteiger charge is -2.32. The molecule has 1 saturated carbocycles. The SMILES string of the molecule is O=C(NCC(=O)N(c1ccccc1F)[C@H](C(=O)NC1CCCC1)c1ccccc1)c1cccs1. The number of anilines is 1. The summed E-state index contributed by atoms with van der Waals surface area (Å²) < 4.78 is 15.0. The van der Waals surface area contributed by atoms with Crippen molar-refractivity contribution in [3.05, 3.63) is 88.4 Å². The number of amides is 3. The van der Waals surface area contributed by atoms with Crippen molar-refractivity contribution in [2.75, 3.05) is 11.4 Å². The number of nitrogens with zero attached hydrogens (tertiary/aromatic N) is 1. The first-order chi connectivity index (χ1) is 16.5. The molecule has 0 unspecified atom stereocenters. The molecule has 34 heavy (non-hydrogen) atoms. The summed E-state index contributed by atoms with van der Waals surface area (Å²) in [4.78, 5) is 41.1. The van der Waals surface area contributed by atoms with Crippen molar-refractivity contribution >= 4 is 34.7 Å². The summed E-state index contributed by atoms with van der Waals surface area (Å²) >= 11 is 1.25. The van der Waals surface area contributed by atoms with Crippen LogP contribution in [0.4, 0.5) is 10.1 Å². The third-order valence-electron chi connectivity index (χ3n) is 5.85. The zero-order valence-electron chi connectivity index (χ0n) is 18.6. The Morgan fingerprint density at radius 2 is 1.68 bits per heavy atom. The highest BCUT2D eigenvalue weighted by molar-refractivity contribution is 7.12. The summed E-state index contributed by atoms with van der Waals surface area (Å²) in [6, 6.07) is 17.0. The van der Waals surface area contributed by atoms with Gasteiger partial charge in [-0.25, -0.2) is 4.39 Å². The van der Waals surface area contributed by atoms with E-state index in [4.69, 9.17) is 0 Å². The number of nitrogens with one attached hydrogen (secondary N) is 2. The fourth-order valence-corrected chi connectivity index (χ4v) is 4.84. The molecule has 1 heterocycles. The van der Waals surface area contributed by atoms with Gasteiger partial charge in [-0.15, -0.1) is 11.3 Å². The van der Waals surface area contributed by atoms with E-state index >= 15 is 0 Å². The minimum atomic E-state index is -1.09. The van der Waals surface area contributed by atoms with E-state index in [0.717, 1.165) is 30.6 Å². The van der Waals surface area contributed by atoms with Crippen molar-refractivity contribution in [1.29, 1.82) is 0 Å². The van der Waals surface area contributed by atoms with Gasteiger partial charge in [-0.05, 0) is 42.0 Å². The van der Waals surface area contributed by atoms with Gasteiger partial charge in [-0.2, -0.15) is 0 Å². The van der Waals surface area contributed by atoms with Gasteiger partial charge in [0, 0.05) is 6.04 Å². The van der Waals surface area contributed by atoms with Crippen LogP contribution in [0.2, 0.25) is 0 Å². The molecule has 0 spiro atoms. The molecule has 2 aromatic carbocycles. The molecule has 1 aliphatic carbocycles. The van der Waals surface area contributed by atoms with Crippen LogP contribution in [0.5, 0.6) is 0 Å². The fourth-order valence-electron chi connectivity index (χ4n) is 4.20. The zero-order valence-corrected chi connectivity index (χ0v) is 19.4. The number of carbonyl (C=O) groups is 3. The molecule has 0 aliphatic heterocycles. The largest absolute Gasteiger partial charge is 0.351 e. The van der Waals surface area contributed by atoms with E-state index in [1.807, 2.05) is 6.07 Å². The molecule has 1 fully saturated rings. The monoisotopic (exact) mass is 479 g/mol. The Hall–Kier alpha value is -3.52. The first-order valence-corrected chi connectivity index (χ1v) is 12.2. The molecular formula is C26H26FN3O3S. The van der Waals surface area contributed by atoms with Gasteiger partial charge in [0.15, 0.2) is 0 Å². The lowest BCUT2D eigenvalue weighted by Crippen LogP contribution is -2.49. The maximum Gasteiger partial charge on any atom is 0.261 e. The van der Waals surface area contributed by atoms with Crippen LogP contribution in [-0.2, 0) is 9.59 Å². The predicted molar refractivity (Wildman–Crippen MR) is 130 cm³/mol. The molecule has 0 radical (unpaired) electrons. The average Bonchev–Trinajstić information content (AvgIpc) is 3.56. The van der Waals surface area contributed by atoms with Crippen molar-refractivity contribution in [2.45, 2.75) is 37.8 Å². The van der Waals surface area contributed by atoms with E-state index in [2.05, 4.69) is 10.6 Å². The number of hydrogen-bond donors (Lipinski definition) is 2. The number of halogens is 1. The second kappa shape index (κ2) is 11.1. The van der Waals surface area contributed by atoms with Crippen LogP contribution in [0.15, 0.2) is 72.1 Å². The van der Waals surface area contributed by atoms with Gasteiger partial charge in [-0.3, -0.25) is 19.3 Å². The fraction of sp³-hybridized carbons (Fsp3) is 0.269. The Balaban J connectivity index is 1.67. The topological polar surface area (TPSA) is 78.5 Å². The third kappa shape index (κ3) is 5.51. The molecule has 3 aromatic rings. The van der Waals surface area contributed by atoms with Gasteiger partial charge in [0.05, 0.1) is 17.1 Å². The van der Waals surface area contributed by atoms with E-state index in [1.165, 1.54) is 29.5 Å². The summed E-state index contributed by atoms with van der Waals surface area (Å²) in [6.45, 7) is -0.384. The number of thiophene rings is 1. The van der Waals surface area contributed by atoms with Crippen molar-refractivity contribution in [3.8, 4) is 0 Å². The number of hydrogen-bond acceptors (Lipinski definition) is 4. The highest BCUT2D eigenvalue weighted by Gasteiger charge is 2.35. The quantitative estimate of drug-likeness (QED) is 0.501. The maximum absolute atomic E-state index is 15.0. The molecule has 176 valence electrons. The second-order valence-electron chi connectivity index (χ2n) is 8.18. The van der Waals surface area contributed by atoms with Crippen molar-refractivity contribution < 1.29 is 18.8 Å². The van der Waals surface area contributed by atoms with Crippen molar-refractivity contribution in [1.82, 2.24) is 10.6 Å².